The predicted octanol–water partition coefficient (Wildman–Crippen LogP) is 1.13. The van der Waals surface area contributed by atoms with Gasteiger partial charge in [-0.25, -0.2) is 0 Å². The molecule has 1 aromatic heterocycles. The van der Waals surface area contributed by atoms with Gasteiger partial charge >= 0.3 is 0 Å². The number of aliphatic hydroxyl groups excluding tert-OH is 1. The Labute approximate surface area is 120 Å². The summed E-state index contributed by atoms with van der Waals surface area (Å²) in [6, 6.07) is 3.27. The van der Waals surface area contributed by atoms with Gasteiger partial charge in [-0.15, -0.1) is 0 Å². The Balaban J connectivity index is 1.93. The van der Waals surface area contributed by atoms with E-state index in [9.17, 15) is 13.5 Å². The third-order valence-corrected chi connectivity index (χ3v) is 5.02. The number of hydrogen-bond donors (Lipinski definition) is 2. The molecule has 0 spiro atoms. The zero-order valence-corrected chi connectivity index (χ0v) is 12.6. The first-order valence-corrected chi connectivity index (χ1v) is 8.28. The summed E-state index contributed by atoms with van der Waals surface area (Å²) in [5, 5.41) is 9.84. The van der Waals surface area contributed by atoms with Gasteiger partial charge in [-0.2, -0.15) is 17.4 Å². The van der Waals surface area contributed by atoms with Crippen LogP contribution in [0.15, 0.2) is 22.8 Å². The SMILES string of the molecule is CC1CC(C)CN(S(=O)(=O)NCC(O)c2ccco2)C1. The van der Waals surface area contributed by atoms with Crippen molar-refractivity contribution in [2.45, 2.75) is 26.4 Å². The molecular formula is C13H22N2O4S. The number of piperidine rings is 1. The van der Waals surface area contributed by atoms with Crippen LogP contribution in [0.5, 0.6) is 0 Å². The summed E-state index contributed by atoms with van der Waals surface area (Å²) >= 11 is 0. The molecule has 3 atom stereocenters. The molecular weight excluding hydrogens is 280 g/mol. The van der Waals surface area contributed by atoms with Crippen molar-refractivity contribution in [3.63, 3.8) is 0 Å². The van der Waals surface area contributed by atoms with Crippen LogP contribution in [0.1, 0.15) is 32.1 Å². The minimum absolute atomic E-state index is 0.0882. The second kappa shape index (κ2) is 6.26. The molecule has 1 aromatic rings. The first-order valence-electron chi connectivity index (χ1n) is 6.84. The highest BCUT2D eigenvalue weighted by Crippen LogP contribution is 2.22. The Bertz CT molecular complexity index is 504. The van der Waals surface area contributed by atoms with Gasteiger partial charge in [0, 0.05) is 19.6 Å². The van der Waals surface area contributed by atoms with E-state index in [0.29, 0.717) is 30.7 Å². The third-order valence-electron chi connectivity index (χ3n) is 3.51. The smallest absolute Gasteiger partial charge is 0.279 e. The molecule has 2 heterocycles. The van der Waals surface area contributed by atoms with Gasteiger partial charge in [0.2, 0.25) is 0 Å². The maximum absolute atomic E-state index is 12.2. The van der Waals surface area contributed by atoms with E-state index >= 15 is 0 Å². The van der Waals surface area contributed by atoms with Crippen LogP contribution in [0.2, 0.25) is 0 Å². The van der Waals surface area contributed by atoms with Crippen molar-refractivity contribution in [3.05, 3.63) is 24.2 Å². The van der Waals surface area contributed by atoms with E-state index in [0.717, 1.165) is 6.42 Å². The van der Waals surface area contributed by atoms with E-state index in [1.807, 2.05) is 0 Å². The highest BCUT2D eigenvalue weighted by atomic mass is 32.2. The van der Waals surface area contributed by atoms with Crippen LogP contribution < -0.4 is 4.72 Å². The van der Waals surface area contributed by atoms with Crippen LogP contribution in [-0.2, 0) is 10.2 Å². The summed E-state index contributed by atoms with van der Waals surface area (Å²) in [6.07, 6.45) is 1.52. The van der Waals surface area contributed by atoms with Crippen LogP contribution >= 0.6 is 0 Å². The fraction of sp³-hybridized carbons (Fsp3) is 0.692. The highest BCUT2D eigenvalue weighted by Gasteiger charge is 2.30. The number of aliphatic hydroxyl groups is 1. The number of nitrogens with zero attached hydrogens (tertiary/aromatic N) is 1. The Hall–Kier alpha value is -0.890. The van der Waals surface area contributed by atoms with Gasteiger partial charge < -0.3 is 9.52 Å². The summed E-state index contributed by atoms with van der Waals surface area (Å²) in [4.78, 5) is 0. The van der Waals surface area contributed by atoms with Crippen molar-refractivity contribution in [3.8, 4) is 0 Å². The van der Waals surface area contributed by atoms with Crippen molar-refractivity contribution >= 4 is 10.2 Å². The Kier molecular flexibility index (Phi) is 4.85. The minimum Gasteiger partial charge on any atom is -0.467 e. The van der Waals surface area contributed by atoms with Crippen molar-refractivity contribution < 1.29 is 17.9 Å². The molecule has 7 heteroatoms. The summed E-state index contributed by atoms with van der Waals surface area (Å²) < 4.78 is 33.4. The topological polar surface area (TPSA) is 82.8 Å². The molecule has 1 fully saturated rings. The monoisotopic (exact) mass is 302 g/mol. The van der Waals surface area contributed by atoms with E-state index in [-0.39, 0.29) is 6.54 Å². The van der Waals surface area contributed by atoms with Crippen LogP contribution in [0.4, 0.5) is 0 Å². The summed E-state index contributed by atoms with van der Waals surface area (Å²) in [7, 11) is -3.55. The Morgan fingerprint density at radius 3 is 2.65 bits per heavy atom. The van der Waals surface area contributed by atoms with Gasteiger partial charge in [0.05, 0.1) is 6.26 Å². The number of rotatable bonds is 5. The number of furan rings is 1. The Morgan fingerprint density at radius 1 is 1.45 bits per heavy atom. The van der Waals surface area contributed by atoms with Crippen LogP contribution in [0.25, 0.3) is 0 Å². The number of hydrogen-bond acceptors (Lipinski definition) is 4. The van der Waals surface area contributed by atoms with Crippen LogP contribution in [0, 0.1) is 11.8 Å². The lowest BCUT2D eigenvalue weighted by atomic mass is 9.94. The highest BCUT2D eigenvalue weighted by molar-refractivity contribution is 7.87. The molecule has 0 bridgehead atoms. The molecule has 0 aliphatic carbocycles. The van der Waals surface area contributed by atoms with Crippen molar-refractivity contribution in [1.29, 1.82) is 0 Å². The lowest BCUT2D eigenvalue weighted by molar-refractivity contribution is 0.152. The van der Waals surface area contributed by atoms with Crippen LogP contribution in [0.3, 0.4) is 0 Å². The third kappa shape index (κ3) is 3.82. The predicted molar refractivity (Wildman–Crippen MR) is 75.1 cm³/mol. The molecule has 2 N–H and O–H groups in total. The van der Waals surface area contributed by atoms with E-state index in [1.54, 1.807) is 12.1 Å². The van der Waals surface area contributed by atoms with E-state index in [1.165, 1.54) is 10.6 Å². The fourth-order valence-electron chi connectivity index (χ4n) is 2.66. The summed E-state index contributed by atoms with van der Waals surface area (Å²) in [5.74, 6) is 1.06. The first kappa shape index (κ1) is 15.5. The Morgan fingerprint density at radius 2 is 2.10 bits per heavy atom. The molecule has 6 nitrogen and oxygen atoms in total. The lowest BCUT2D eigenvalue weighted by Crippen LogP contribution is -2.48. The van der Waals surface area contributed by atoms with Gasteiger partial charge in [-0.05, 0) is 30.4 Å². The molecule has 0 aromatic carbocycles. The van der Waals surface area contributed by atoms with Crippen molar-refractivity contribution in [2.75, 3.05) is 19.6 Å². The first-order chi connectivity index (χ1) is 9.38. The average Bonchev–Trinajstić information content (AvgIpc) is 2.88. The van der Waals surface area contributed by atoms with Crippen LogP contribution in [-0.4, -0.2) is 37.5 Å². The largest absolute Gasteiger partial charge is 0.467 e. The molecule has 0 radical (unpaired) electrons. The van der Waals surface area contributed by atoms with Gasteiger partial charge in [0.25, 0.3) is 10.2 Å². The van der Waals surface area contributed by atoms with Gasteiger partial charge in [0.15, 0.2) is 0 Å². The zero-order valence-electron chi connectivity index (χ0n) is 11.8. The van der Waals surface area contributed by atoms with Gasteiger partial charge in [-0.3, -0.25) is 0 Å². The molecule has 0 amide bonds. The fourth-order valence-corrected chi connectivity index (χ4v) is 4.11. The zero-order chi connectivity index (χ0) is 14.8. The van der Waals surface area contributed by atoms with Gasteiger partial charge in [0.1, 0.15) is 11.9 Å². The molecule has 3 unspecified atom stereocenters. The molecule has 1 saturated heterocycles. The quantitative estimate of drug-likeness (QED) is 0.854. The summed E-state index contributed by atoms with van der Waals surface area (Å²) in [6.45, 7) is 5.06. The normalized spacial score (nSPS) is 26.6. The van der Waals surface area contributed by atoms with Crippen molar-refractivity contribution in [1.82, 2.24) is 9.03 Å². The minimum atomic E-state index is -3.55. The summed E-state index contributed by atoms with van der Waals surface area (Å²) in [5.41, 5.74) is 0. The molecule has 1 aliphatic rings. The standard InChI is InChI=1S/C13H22N2O4S/c1-10-6-11(2)9-15(8-10)20(17,18)14-7-12(16)13-4-3-5-19-13/h3-5,10-12,14,16H,6-9H2,1-2H3. The maximum Gasteiger partial charge on any atom is 0.279 e. The molecule has 20 heavy (non-hydrogen) atoms. The van der Waals surface area contributed by atoms with E-state index in [4.69, 9.17) is 4.42 Å². The van der Waals surface area contributed by atoms with E-state index < -0.39 is 16.3 Å². The average molecular weight is 302 g/mol. The molecule has 1 aliphatic heterocycles. The second-order valence-corrected chi connectivity index (χ2v) is 7.40. The second-order valence-electron chi connectivity index (χ2n) is 5.65. The molecule has 114 valence electrons. The number of nitrogens with one attached hydrogen (secondary N) is 1. The van der Waals surface area contributed by atoms with Crippen molar-refractivity contribution in [2.24, 2.45) is 11.8 Å². The lowest BCUT2D eigenvalue weighted by Gasteiger charge is -2.34. The molecule has 0 saturated carbocycles. The van der Waals surface area contributed by atoms with Gasteiger partial charge in [-0.1, -0.05) is 13.8 Å². The molecule has 2 rings (SSSR count). The van der Waals surface area contributed by atoms with E-state index in [2.05, 4.69) is 18.6 Å². The maximum atomic E-state index is 12.2.